The Morgan fingerprint density at radius 3 is 2.62 bits per heavy atom. The first kappa shape index (κ1) is 16.2. The number of nitrogens with one attached hydrogen (secondary N) is 1. The molecule has 5 heteroatoms. The van der Waals surface area contributed by atoms with E-state index < -0.39 is 6.10 Å². The van der Waals surface area contributed by atoms with Crippen LogP contribution in [0.2, 0.25) is 0 Å². The molecule has 1 aromatic heterocycles. The predicted octanol–water partition coefficient (Wildman–Crippen LogP) is 2.64. The Balaban J connectivity index is 2.01. The molecule has 3 aromatic rings. The molecule has 0 radical (unpaired) electrons. The number of ether oxygens (including phenoxy) is 1. The van der Waals surface area contributed by atoms with Crippen LogP contribution < -0.4 is 15.8 Å². The van der Waals surface area contributed by atoms with Gasteiger partial charge in [0.15, 0.2) is 0 Å². The highest BCUT2D eigenvalue weighted by atomic mass is 16.5. The number of para-hydroxylation sites is 1. The Morgan fingerprint density at radius 2 is 1.92 bits per heavy atom. The fraction of sp³-hybridized carbons (Fsp3) is 0.211. The molecule has 0 aliphatic carbocycles. The van der Waals surface area contributed by atoms with Crippen LogP contribution in [0, 0.1) is 0 Å². The molecule has 124 valence electrons. The van der Waals surface area contributed by atoms with Crippen LogP contribution in [-0.4, -0.2) is 36.4 Å². The number of pyridine rings is 1. The van der Waals surface area contributed by atoms with Crippen LogP contribution in [0.3, 0.4) is 0 Å². The third-order valence-electron chi connectivity index (χ3n) is 3.90. The van der Waals surface area contributed by atoms with Gasteiger partial charge in [0.2, 0.25) is 0 Å². The Bertz CT molecular complexity index is 818. The lowest BCUT2D eigenvalue weighted by Crippen LogP contribution is -2.27. The van der Waals surface area contributed by atoms with Crippen molar-refractivity contribution in [3.63, 3.8) is 0 Å². The molecular formula is C19H21N3O2. The van der Waals surface area contributed by atoms with Gasteiger partial charge in [0.05, 0.1) is 24.4 Å². The second kappa shape index (κ2) is 7.29. The number of nitrogens with zero attached hydrogens (tertiary/aromatic N) is 1. The molecular weight excluding hydrogens is 302 g/mol. The summed E-state index contributed by atoms with van der Waals surface area (Å²) in [5.74, 6) is 0.809. The van der Waals surface area contributed by atoms with Crippen LogP contribution in [0.25, 0.3) is 22.2 Å². The summed E-state index contributed by atoms with van der Waals surface area (Å²) in [5, 5.41) is 14.0. The maximum Gasteiger partial charge on any atom is 0.118 e. The van der Waals surface area contributed by atoms with Crippen molar-refractivity contribution in [1.29, 1.82) is 0 Å². The average molecular weight is 323 g/mol. The van der Waals surface area contributed by atoms with Crippen LogP contribution in [0.1, 0.15) is 0 Å². The first-order valence-corrected chi connectivity index (χ1v) is 7.87. The molecule has 1 atom stereocenters. The van der Waals surface area contributed by atoms with Crippen LogP contribution in [-0.2, 0) is 0 Å². The number of aromatic nitrogens is 1. The molecule has 0 unspecified atom stereocenters. The zero-order chi connectivity index (χ0) is 16.9. The number of nitrogens with two attached hydrogens (primary N) is 1. The van der Waals surface area contributed by atoms with E-state index in [1.807, 2.05) is 54.6 Å². The normalized spacial score (nSPS) is 12.1. The van der Waals surface area contributed by atoms with E-state index in [9.17, 15) is 5.11 Å². The predicted molar refractivity (Wildman–Crippen MR) is 97.3 cm³/mol. The summed E-state index contributed by atoms with van der Waals surface area (Å²) in [6.45, 7) is 0.619. The molecule has 24 heavy (non-hydrogen) atoms. The molecule has 0 aliphatic heterocycles. The minimum absolute atomic E-state index is 0.224. The van der Waals surface area contributed by atoms with Crippen molar-refractivity contribution >= 4 is 16.6 Å². The quantitative estimate of drug-likeness (QED) is 0.650. The number of aliphatic hydroxyl groups is 1. The van der Waals surface area contributed by atoms with Crippen molar-refractivity contribution in [2.75, 3.05) is 25.5 Å². The summed E-state index contributed by atoms with van der Waals surface area (Å²) in [4.78, 5) is 4.74. The van der Waals surface area contributed by atoms with Gasteiger partial charge in [-0.3, -0.25) is 0 Å². The summed E-state index contributed by atoms with van der Waals surface area (Å²) in [5.41, 5.74) is 9.18. The Labute approximate surface area is 141 Å². The third kappa shape index (κ3) is 3.48. The molecule has 0 saturated carbocycles. The number of methoxy groups -OCH3 is 1. The van der Waals surface area contributed by atoms with E-state index in [1.54, 1.807) is 7.11 Å². The van der Waals surface area contributed by atoms with E-state index in [4.69, 9.17) is 15.5 Å². The molecule has 4 N–H and O–H groups in total. The van der Waals surface area contributed by atoms with Crippen molar-refractivity contribution in [1.82, 2.24) is 4.98 Å². The van der Waals surface area contributed by atoms with Gasteiger partial charge in [-0.05, 0) is 36.4 Å². The van der Waals surface area contributed by atoms with Crippen LogP contribution in [0.4, 0.5) is 5.69 Å². The number of hydrogen-bond acceptors (Lipinski definition) is 5. The lowest BCUT2D eigenvalue weighted by Gasteiger charge is -2.14. The van der Waals surface area contributed by atoms with Gasteiger partial charge < -0.3 is 20.9 Å². The summed E-state index contributed by atoms with van der Waals surface area (Å²) >= 11 is 0. The van der Waals surface area contributed by atoms with E-state index in [-0.39, 0.29) is 6.54 Å². The number of fused-ring (bicyclic) bond motifs is 1. The highest BCUT2D eigenvalue weighted by molar-refractivity contribution is 5.93. The highest BCUT2D eigenvalue weighted by Crippen LogP contribution is 2.29. The van der Waals surface area contributed by atoms with Crippen molar-refractivity contribution < 1.29 is 9.84 Å². The van der Waals surface area contributed by atoms with Gasteiger partial charge in [-0.2, -0.15) is 0 Å². The van der Waals surface area contributed by atoms with Crippen LogP contribution in [0.15, 0.2) is 54.6 Å². The summed E-state index contributed by atoms with van der Waals surface area (Å²) < 4.78 is 5.20. The molecule has 0 saturated heterocycles. The first-order valence-electron chi connectivity index (χ1n) is 7.87. The van der Waals surface area contributed by atoms with Crippen LogP contribution >= 0.6 is 0 Å². The second-order valence-electron chi connectivity index (χ2n) is 5.57. The molecule has 2 aromatic carbocycles. The van der Waals surface area contributed by atoms with Gasteiger partial charge >= 0.3 is 0 Å². The zero-order valence-electron chi connectivity index (χ0n) is 13.6. The molecule has 0 aliphatic rings. The van der Waals surface area contributed by atoms with Gasteiger partial charge in [-0.25, -0.2) is 4.98 Å². The second-order valence-corrected chi connectivity index (χ2v) is 5.57. The maximum absolute atomic E-state index is 9.72. The highest BCUT2D eigenvalue weighted by Gasteiger charge is 2.09. The summed E-state index contributed by atoms with van der Waals surface area (Å²) in [6, 6.07) is 17.7. The number of hydrogen-bond donors (Lipinski definition) is 3. The number of rotatable bonds is 6. The lowest BCUT2D eigenvalue weighted by molar-refractivity contribution is 0.196. The topological polar surface area (TPSA) is 80.4 Å². The van der Waals surface area contributed by atoms with Crippen LogP contribution in [0.5, 0.6) is 5.75 Å². The Hall–Kier alpha value is -2.63. The third-order valence-corrected chi connectivity index (χ3v) is 3.90. The van der Waals surface area contributed by atoms with Gasteiger partial charge in [-0.1, -0.05) is 18.2 Å². The molecule has 0 spiro atoms. The van der Waals surface area contributed by atoms with Gasteiger partial charge in [0, 0.05) is 29.7 Å². The molecule has 0 fully saturated rings. The fourth-order valence-corrected chi connectivity index (χ4v) is 2.54. The van der Waals surface area contributed by atoms with E-state index in [1.165, 1.54) is 0 Å². The SMILES string of the molecule is COc1ccc(-c2cc(NC[C@@H](O)CN)c3ccccc3n2)cc1. The summed E-state index contributed by atoms with van der Waals surface area (Å²) in [6.07, 6.45) is -0.582. The van der Waals surface area contributed by atoms with Gasteiger partial charge in [-0.15, -0.1) is 0 Å². The monoisotopic (exact) mass is 323 g/mol. The molecule has 1 heterocycles. The molecule has 0 bridgehead atoms. The first-order chi connectivity index (χ1) is 11.7. The minimum atomic E-state index is -0.582. The fourth-order valence-electron chi connectivity index (χ4n) is 2.54. The maximum atomic E-state index is 9.72. The van der Waals surface area contributed by atoms with E-state index in [0.717, 1.165) is 33.6 Å². The standard InChI is InChI=1S/C19H21N3O2/c1-24-15-8-6-13(7-9-15)18-10-19(21-12-14(23)11-20)16-4-2-3-5-17(16)22-18/h2-10,14,23H,11-12,20H2,1H3,(H,21,22)/t14-/m0/s1. The van der Waals surface area contributed by atoms with E-state index in [2.05, 4.69) is 5.32 Å². The Morgan fingerprint density at radius 1 is 1.17 bits per heavy atom. The average Bonchev–Trinajstić information content (AvgIpc) is 2.65. The van der Waals surface area contributed by atoms with E-state index in [0.29, 0.717) is 6.54 Å². The number of benzene rings is 2. The number of anilines is 1. The number of aliphatic hydroxyl groups excluding tert-OH is 1. The smallest absolute Gasteiger partial charge is 0.118 e. The zero-order valence-corrected chi connectivity index (χ0v) is 13.6. The van der Waals surface area contributed by atoms with Crippen molar-refractivity contribution in [2.45, 2.75) is 6.10 Å². The molecule has 5 nitrogen and oxygen atoms in total. The van der Waals surface area contributed by atoms with Crippen molar-refractivity contribution in [3.05, 3.63) is 54.6 Å². The van der Waals surface area contributed by atoms with Crippen molar-refractivity contribution in [2.24, 2.45) is 5.73 Å². The molecule has 3 rings (SSSR count). The van der Waals surface area contributed by atoms with E-state index >= 15 is 0 Å². The van der Waals surface area contributed by atoms with Gasteiger partial charge in [0.25, 0.3) is 0 Å². The minimum Gasteiger partial charge on any atom is -0.497 e. The summed E-state index contributed by atoms with van der Waals surface area (Å²) in [7, 11) is 1.65. The molecule has 0 amide bonds. The van der Waals surface area contributed by atoms with Crippen molar-refractivity contribution in [3.8, 4) is 17.0 Å². The van der Waals surface area contributed by atoms with Gasteiger partial charge in [0.1, 0.15) is 5.75 Å². The Kier molecular flexibility index (Phi) is 4.93. The largest absolute Gasteiger partial charge is 0.497 e. The lowest BCUT2D eigenvalue weighted by atomic mass is 10.1.